The number of aromatic nitrogens is 1. The van der Waals surface area contributed by atoms with Crippen molar-refractivity contribution in [1.82, 2.24) is 9.88 Å². The van der Waals surface area contributed by atoms with Crippen LogP contribution >= 0.6 is 11.3 Å². The molecule has 0 aliphatic carbocycles. The van der Waals surface area contributed by atoms with Gasteiger partial charge in [-0.3, -0.25) is 4.90 Å². The summed E-state index contributed by atoms with van der Waals surface area (Å²) < 4.78 is 5.25. The highest BCUT2D eigenvalue weighted by atomic mass is 32.1. The molecule has 0 saturated carbocycles. The number of rotatable bonds is 5. The molecule has 1 aromatic carbocycles. The van der Waals surface area contributed by atoms with Gasteiger partial charge in [0.15, 0.2) is 5.60 Å². The van der Waals surface area contributed by atoms with E-state index < -0.39 is 11.6 Å². The Morgan fingerprint density at radius 2 is 2.17 bits per heavy atom. The third-order valence-electron chi connectivity index (χ3n) is 4.33. The second kappa shape index (κ2) is 6.39. The number of benzene rings is 1. The molecule has 1 N–H and O–H groups in total. The predicted molar refractivity (Wildman–Crippen MR) is 89.6 cm³/mol. The summed E-state index contributed by atoms with van der Waals surface area (Å²) in [4.78, 5) is 18.2. The van der Waals surface area contributed by atoms with Gasteiger partial charge in [0.1, 0.15) is 5.01 Å². The number of nitrogens with zero attached hydrogens (tertiary/aromatic N) is 2. The summed E-state index contributed by atoms with van der Waals surface area (Å²) in [7, 11) is 1.47. The monoisotopic (exact) mass is 332 g/mol. The number of hydrogen-bond acceptors (Lipinski definition) is 5. The van der Waals surface area contributed by atoms with Crippen LogP contribution in [-0.4, -0.2) is 46.8 Å². The molecule has 1 aliphatic heterocycles. The van der Waals surface area contributed by atoms with Crippen molar-refractivity contribution in [2.75, 3.05) is 20.2 Å². The van der Waals surface area contributed by atoms with E-state index in [0.29, 0.717) is 26.1 Å². The highest BCUT2D eigenvalue weighted by molar-refractivity contribution is 7.13. The van der Waals surface area contributed by atoms with E-state index in [1.54, 1.807) is 11.3 Å². The number of aryl methyl sites for hydroxylation is 1. The van der Waals surface area contributed by atoms with Crippen molar-refractivity contribution in [3.8, 4) is 10.6 Å². The molecule has 0 radical (unpaired) electrons. The van der Waals surface area contributed by atoms with Crippen LogP contribution in [0.25, 0.3) is 10.6 Å². The van der Waals surface area contributed by atoms with Crippen LogP contribution in [0.2, 0.25) is 0 Å². The Kier molecular flexibility index (Phi) is 4.48. The van der Waals surface area contributed by atoms with Crippen molar-refractivity contribution in [1.29, 1.82) is 0 Å². The van der Waals surface area contributed by atoms with E-state index in [0.717, 1.165) is 16.3 Å². The molecule has 2 aromatic rings. The number of methoxy groups -OCH3 is 1. The van der Waals surface area contributed by atoms with Gasteiger partial charge in [0.05, 0.1) is 5.69 Å². The van der Waals surface area contributed by atoms with Gasteiger partial charge in [-0.05, 0) is 6.92 Å². The van der Waals surface area contributed by atoms with Crippen molar-refractivity contribution in [2.45, 2.75) is 25.5 Å². The van der Waals surface area contributed by atoms with E-state index in [1.807, 2.05) is 5.38 Å². The van der Waals surface area contributed by atoms with Gasteiger partial charge < -0.3 is 9.84 Å². The Morgan fingerprint density at radius 3 is 2.78 bits per heavy atom. The number of carbonyl (C=O) groups is 1. The van der Waals surface area contributed by atoms with Crippen LogP contribution in [0.15, 0.2) is 29.6 Å². The van der Waals surface area contributed by atoms with Gasteiger partial charge >= 0.3 is 5.97 Å². The second-order valence-electron chi connectivity index (χ2n) is 5.97. The molecule has 1 unspecified atom stereocenters. The Labute approximate surface area is 139 Å². The molecule has 6 heteroatoms. The topological polar surface area (TPSA) is 62.7 Å². The normalized spacial score (nSPS) is 21.7. The lowest BCUT2D eigenvalue weighted by Gasteiger charge is -2.22. The molecule has 2 heterocycles. The number of carboxylic acid groups (broad SMARTS) is 1. The molecule has 1 aliphatic rings. The quantitative estimate of drug-likeness (QED) is 0.912. The number of carboxylic acids is 1. The summed E-state index contributed by atoms with van der Waals surface area (Å²) in [5.41, 5.74) is 2.25. The van der Waals surface area contributed by atoms with Crippen molar-refractivity contribution >= 4 is 17.3 Å². The van der Waals surface area contributed by atoms with Crippen LogP contribution in [0, 0.1) is 6.92 Å². The van der Waals surface area contributed by atoms with E-state index in [1.165, 1.54) is 12.7 Å². The molecule has 1 atom stereocenters. The average molecular weight is 332 g/mol. The van der Waals surface area contributed by atoms with E-state index in [9.17, 15) is 9.90 Å². The highest BCUT2D eigenvalue weighted by Gasteiger charge is 2.45. The van der Waals surface area contributed by atoms with E-state index in [2.05, 4.69) is 41.1 Å². The molecule has 0 amide bonds. The summed E-state index contributed by atoms with van der Waals surface area (Å²) in [5.74, 6) is -0.888. The maximum absolute atomic E-state index is 11.4. The average Bonchev–Trinajstić information content (AvgIpc) is 3.16. The Morgan fingerprint density at radius 1 is 1.43 bits per heavy atom. The first-order valence-corrected chi connectivity index (χ1v) is 8.43. The minimum Gasteiger partial charge on any atom is -0.479 e. The fourth-order valence-corrected chi connectivity index (χ4v) is 3.68. The first kappa shape index (κ1) is 16.1. The summed E-state index contributed by atoms with van der Waals surface area (Å²) in [5, 5.41) is 12.4. The number of aliphatic carboxylic acids is 1. The van der Waals surface area contributed by atoms with Crippen molar-refractivity contribution in [3.05, 3.63) is 40.9 Å². The van der Waals surface area contributed by atoms with Gasteiger partial charge in [-0.15, -0.1) is 11.3 Å². The molecular weight excluding hydrogens is 312 g/mol. The lowest BCUT2D eigenvalue weighted by atomic mass is 10.0. The largest absolute Gasteiger partial charge is 0.479 e. The zero-order chi connectivity index (χ0) is 16.4. The van der Waals surface area contributed by atoms with Crippen molar-refractivity contribution < 1.29 is 14.6 Å². The number of hydrogen-bond donors (Lipinski definition) is 1. The summed E-state index contributed by atoms with van der Waals surface area (Å²) in [6.07, 6.45) is 0.508. The lowest BCUT2D eigenvalue weighted by Crippen LogP contribution is -2.43. The predicted octanol–water partition coefficient (Wildman–Crippen LogP) is 2.79. The van der Waals surface area contributed by atoms with Crippen molar-refractivity contribution in [2.24, 2.45) is 0 Å². The van der Waals surface area contributed by atoms with Crippen LogP contribution < -0.4 is 0 Å². The second-order valence-corrected chi connectivity index (χ2v) is 6.83. The highest BCUT2D eigenvalue weighted by Crippen LogP contribution is 2.28. The standard InChI is InChI=1S/C17H20N2O3S/c1-12-3-5-13(6-4-12)15-18-14(10-23-15)9-19-8-7-17(11-19,22-2)16(20)21/h3-6,10H,7-9,11H2,1-2H3,(H,20,21). The number of ether oxygens (including phenoxy) is 1. The zero-order valence-electron chi connectivity index (χ0n) is 13.3. The maximum atomic E-state index is 11.4. The maximum Gasteiger partial charge on any atom is 0.337 e. The molecule has 0 bridgehead atoms. The molecule has 0 spiro atoms. The van der Waals surface area contributed by atoms with Crippen LogP contribution in [0.4, 0.5) is 0 Å². The third kappa shape index (κ3) is 3.29. The fraction of sp³-hybridized carbons (Fsp3) is 0.412. The summed E-state index contributed by atoms with van der Waals surface area (Å²) in [6, 6.07) is 8.32. The van der Waals surface area contributed by atoms with Crippen LogP contribution in [0.3, 0.4) is 0 Å². The minimum atomic E-state index is -1.07. The smallest absolute Gasteiger partial charge is 0.337 e. The number of likely N-dealkylation sites (tertiary alicyclic amines) is 1. The van der Waals surface area contributed by atoms with Gasteiger partial charge in [-0.25, -0.2) is 9.78 Å². The first-order chi connectivity index (χ1) is 11.0. The zero-order valence-corrected chi connectivity index (χ0v) is 14.1. The SMILES string of the molecule is COC1(C(=O)O)CCN(Cc2csc(-c3ccc(C)cc3)n2)C1. The lowest BCUT2D eigenvalue weighted by molar-refractivity contribution is -0.160. The summed E-state index contributed by atoms with van der Waals surface area (Å²) >= 11 is 1.62. The van der Waals surface area contributed by atoms with Gasteiger partial charge in [0.25, 0.3) is 0 Å². The molecule has 1 fully saturated rings. The molecule has 1 saturated heterocycles. The first-order valence-electron chi connectivity index (χ1n) is 7.55. The Hall–Kier alpha value is -1.76. The molecule has 5 nitrogen and oxygen atoms in total. The molecule has 122 valence electrons. The van der Waals surface area contributed by atoms with Gasteiger partial charge in [-0.1, -0.05) is 29.8 Å². The Bertz CT molecular complexity index is 698. The minimum absolute atomic E-state index is 0.399. The van der Waals surface area contributed by atoms with Gasteiger partial charge in [0, 0.05) is 44.1 Å². The van der Waals surface area contributed by atoms with Gasteiger partial charge in [-0.2, -0.15) is 0 Å². The molecule has 23 heavy (non-hydrogen) atoms. The Balaban J connectivity index is 1.68. The van der Waals surface area contributed by atoms with Crippen LogP contribution in [-0.2, 0) is 16.1 Å². The fourth-order valence-electron chi connectivity index (χ4n) is 2.86. The molecule has 3 rings (SSSR count). The van der Waals surface area contributed by atoms with Crippen molar-refractivity contribution in [3.63, 3.8) is 0 Å². The molecule has 1 aromatic heterocycles. The van der Waals surface area contributed by atoms with E-state index in [-0.39, 0.29) is 0 Å². The molecular formula is C17H20N2O3S. The van der Waals surface area contributed by atoms with E-state index in [4.69, 9.17) is 4.74 Å². The van der Waals surface area contributed by atoms with Gasteiger partial charge in [0.2, 0.25) is 0 Å². The van der Waals surface area contributed by atoms with Crippen LogP contribution in [0.1, 0.15) is 17.7 Å². The van der Waals surface area contributed by atoms with Crippen LogP contribution in [0.5, 0.6) is 0 Å². The third-order valence-corrected chi connectivity index (χ3v) is 5.27. The number of thiazole rings is 1. The van der Waals surface area contributed by atoms with E-state index >= 15 is 0 Å². The summed E-state index contributed by atoms with van der Waals surface area (Å²) in [6.45, 7) is 3.82.